The highest BCUT2D eigenvalue weighted by molar-refractivity contribution is 6.31. The van der Waals surface area contributed by atoms with Crippen LogP contribution >= 0.6 is 11.6 Å². The summed E-state index contributed by atoms with van der Waals surface area (Å²) in [5.74, 6) is 0.323. The SMILES string of the molecule is Oc1ccccc1N1CC[NH+](C[C@H](O)COCc2ccccc2Cl)CC1. The number of phenolic OH excluding ortho intramolecular Hbond substituents is 1. The summed E-state index contributed by atoms with van der Waals surface area (Å²) in [6.07, 6.45) is -0.496. The number of quaternary nitrogens is 1. The summed E-state index contributed by atoms with van der Waals surface area (Å²) >= 11 is 6.10. The first kappa shape index (κ1) is 19.0. The third-order valence-corrected chi connectivity index (χ3v) is 5.11. The Morgan fingerprint density at radius 3 is 2.50 bits per heavy atom. The van der Waals surface area contributed by atoms with Gasteiger partial charge in [-0.2, -0.15) is 0 Å². The van der Waals surface area contributed by atoms with E-state index in [0.29, 0.717) is 30.5 Å². The third-order valence-electron chi connectivity index (χ3n) is 4.74. The first-order valence-corrected chi connectivity index (χ1v) is 9.37. The molecule has 0 radical (unpaired) electrons. The maximum atomic E-state index is 10.2. The molecule has 140 valence electrons. The number of aliphatic hydroxyl groups is 1. The van der Waals surface area contributed by atoms with E-state index in [0.717, 1.165) is 37.4 Å². The van der Waals surface area contributed by atoms with Crippen molar-refractivity contribution in [2.45, 2.75) is 12.7 Å². The van der Waals surface area contributed by atoms with Gasteiger partial charge in [0.2, 0.25) is 0 Å². The van der Waals surface area contributed by atoms with Crippen LogP contribution in [-0.2, 0) is 11.3 Å². The molecule has 2 aromatic rings. The van der Waals surface area contributed by atoms with Crippen molar-refractivity contribution in [3.63, 3.8) is 0 Å². The Labute approximate surface area is 159 Å². The van der Waals surface area contributed by atoms with Gasteiger partial charge in [-0.25, -0.2) is 0 Å². The highest BCUT2D eigenvalue weighted by Gasteiger charge is 2.23. The molecule has 1 aliphatic rings. The molecular weight excluding hydrogens is 352 g/mol. The van der Waals surface area contributed by atoms with E-state index in [1.54, 1.807) is 6.07 Å². The van der Waals surface area contributed by atoms with Gasteiger partial charge in [-0.3, -0.25) is 0 Å². The number of rotatable bonds is 7. The van der Waals surface area contributed by atoms with E-state index >= 15 is 0 Å². The van der Waals surface area contributed by atoms with Crippen LogP contribution in [0.15, 0.2) is 48.5 Å². The number of halogens is 1. The minimum Gasteiger partial charge on any atom is -0.506 e. The van der Waals surface area contributed by atoms with Gasteiger partial charge in [-0.05, 0) is 23.8 Å². The summed E-state index contributed by atoms with van der Waals surface area (Å²) in [5.41, 5.74) is 1.82. The van der Waals surface area contributed by atoms with Crippen LogP contribution in [0.2, 0.25) is 5.02 Å². The molecule has 3 N–H and O–H groups in total. The first-order chi connectivity index (χ1) is 12.6. The fourth-order valence-corrected chi connectivity index (χ4v) is 3.50. The summed E-state index contributed by atoms with van der Waals surface area (Å²) in [5, 5.41) is 20.9. The van der Waals surface area contributed by atoms with Crippen molar-refractivity contribution < 1.29 is 19.8 Å². The van der Waals surface area contributed by atoms with Gasteiger partial charge >= 0.3 is 0 Å². The number of hydrogen-bond donors (Lipinski definition) is 3. The van der Waals surface area contributed by atoms with E-state index in [1.807, 2.05) is 42.5 Å². The van der Waals surface area contributed by atoms with Gasteiger partial charge in [-0.15, -0.1) is 0 Å². The molecule has 2 aromatic carbocycles. The predicted octanol–water partition coefficient (Wildman–Crippen LogP) is 1.33. The molecule has 1 aliphatic heterocycles. The van der Waals surface area contributed by atoms with Gasteiger partial charge in [0.05, 0.1) is 45.1 Å². The molecular formula is C20H26ClN2O3+. The molecule has 0 aromatic heterocycles. The van der Waals surface area contributed by atoms with Crippen LogP contribution in [0.4, 0.5) is 5.69 Å². The number of nitrogens with one attached hydrogen (secondary N) is 1. The summed E-state index contributed by atoms with van der Waals surface area (Å²) in [7, 11) is 0. The molecule has 3 rings (SSSR count). The molecule has 5 nitrogen and oxygen atoms in total. The summed E-state index contributed by atoms with van der Waals surface area (Å²) < 4.78 is 5.62. The molecule has 6 heteroatoms. The molecule has 1 atom stereocenters. The summed E-state index contributed by atoms with van der Waals surface area (Å²) in [6.45, 7) is 4.95. The van der Waals surface area contributed by atoms with E-state index in [4.69, 9.17) is 16.3 Å². The lowest BCUT2D eigenvalue weighted by Crippen LogP contribution is -3.16. The quantitative estimate of drug-likeness (QED) is 0.681. The minimum atomic E-state index is -0.496. The van der Waals surface area contributed by atoms with Crippen molar-refractivity contribution in [1.29, 1.82) is 0 Å². The summed E-state index contributed by atoms with van der Waals surface area (Å²) in [4.78, 5) is 3.55. The van der Waals surface area contributed by atoms with Crippen molar-refractivity contribution in [1.82, 2.24) is 0 Å². The van der Waals surface area contributed by atoms with Gasteiger partial charge < -0.3 is 24.7 Å². The number of aromatic hydroxyl groups is 1. The maximum absolute atomic E-state index is 10.2. The molecule has 0 spiro atoms. The number of piperazine rings is 1. The van der Waals surface area contributed by atoms with Crippen molar-refractivity contribution in [3.8, 4) is 5.75 Å². The van der Waals surface area contributed by atoms with Crippen molar-refractivity contribution in [2.75, 3.05) is 44.2 Å². The van der Waals surface area contributed by atoms with Crippen molar-refractivity contribution in [3.05, 3.63) is 59.1 Å². The Morgan fingerprint density at radius 1 is 1.08 bits per heavy atom. The highest BCUT2D eigenvalue weighted by atomic mass is 35.5. The van der Waals surface area contributed by atoms with Gasteiger partial charge in [0.25, 0.3) is 0 Å². The normalized spacial score (nSPS) is 16.6. The second-order valence-electron chi connectivity index (χ2n) is 6.69. The number of ether oxygens (including phenoxy) is 1. The molecule has 26 heavy (non-hydrogen) atoms. The second kappa shape index (κ2) is 9.24. The van der Waals surface area contributed by atoms with Crippen LogP contribution < -0.4 is 9.80 Å². The van der Waals surface area contributed by atoms with Crippen LogP contribution in [0, 0.1) is 0 Å². The van der Waals surface area contributed by atoms with Gasteiger partial charge in [0.1, 0.15) is 18.4 Å². The van der Waals surface area contributed by atoms with E-state index in [2.05, 4.69) is 4.90 Å². The molecule has 1 heterocycles. The number of aliphatic hydroxyl groups excluding tert-OH is 1. The molecule has 0 unspecified atom stereocenters. The molecule has 0 saturated carbocycles. The smallest absolute Gasteiger partial charge is 0.138 e. The third kappa shape index (κ3) is 5.11. The number of para-hydroxylation sites is 2. The Hall–Kier alpha value is -1.79. The highest BCUT2D eigenvalue weighted by Crippen LogP contribution is 2.25. The van der Waals surface area contributed by atoms with E-state index in [1.165, 1.54) is 4.90 Å². The van der Waals surface area contributed by atoms with E-state index in [-0.39, 0.29) is 0 Å². The Balaban J connectivity index is 1.39. The maximum Gasteiger partial charge on any atom is 0.138 e. The lowest BCUT2D eigenvalue weighted by molar-refractivity contribution is -0.903. The van der Waals surface area contributed by atoms with Gasteiger partial charge in [0.15, 0.2) is 0 Å². The largest absolute Gasteiger partial charge is 0.506 e. The van der Waals surface area contributed by atoms with Crippen LogP contribution in [-0.4, -0.2) is 55.6 Å². The minimum absolute atomic E-state index is 0.303. The topological polar surface area (TPSA) is 57.4 Å². The standard InChI is InChI=1S/C20H25ClN2O3/c21-18-6-2-1-5-16(18)14-26-15-17(24)13-22-9-11-23(12-10-22)19-7-3-4-8-20(19)25/h1-8,17,24-25H,9-15H2/p+1/t17-/m0/s1. The van der Waals surface area contributed by atoms with Crippen LogP contribution in [0.25, 0.3) is 0 Å². The zero-order valence-corrected chi connectivity index (χ0v) is 15.5. The summed E-state index contributed by atoms with van der Waals surface area (Å²) in [6, 6.07) is 15.0. The van der Waals surface area contributed by atoms with E-state index < -0.39 is 6.10 Å². The molecule has 0 bridgehead atoms. The van der Waals surface area contributed by atoms with E-state index in [9.17, 15) is 10.2 Å². The zero-order chi connectivity index (χ0) is 18.4. The molecule has 0 amide bonds. The average Bonchev–Trinajstić information content (AvgIpc) is 2.64. The zero-order valence-electron chi connectivity index (χ0n) is 14.8. The monoisotopic (exact) mass is 377 g/mol. The van der Waals surface area contributed by atoms with Crippen LogP contribution in [0.3, 0.4) is 0 Å². The van der Waals surface area contributed by atoms with Gasteiger partial charge in [-0.1, -0.05) is 41.9 Å². The van der Waals surface area contributed by atoms with Gasteiger partial charge in [0, 0.05) is 5.02 Å². The lowest BCUT2D eigenvalue weighted by Gasteiger charge is -2.34. The number of nitrogens with zero attached hydrogens (tertiary/aromatic N) is 1. The number of anilines is 1. The van der Waals surface area contributed by atoms with Crippen LogP contribution in [0.1, 0.15) is 5.56 Å². The second-order valence-corrected chi connectivity index (χ2v) is 7.10. The lowest BCUT2D eigenvalue weighted by atomic mass is 10.2. The Morgan fingerprint density at radius 2 is 1.77 bits per heavy atom. The fraction of sp³-hybridized carbons (Fsp3) is 0.400. The van der Waals surface area contributed by atoms with Crippen molar-refractivity contribution >= 4 is 17.3 Å². The predicted molar refractivity (Wildman–Crippen MR) is 103 cm³/mol. The number of phenols is 1. The fourth-order valence-electron chi connectivity index (χ4n) is 3.31. The Kier molecular flexibility index (Phi) is 6.74. The molecule has 1 fully saturated rings. The van der Waals surface area contributed by atoms with Crippen molar-refractivity contribution in [2.24, 2.45) is 0 Å². The molecule has 0 aliphatic carbocycles. The number of benzene rings is 2. The Bertz CT molecular complexity index is 705. The average molecular weight is 378 g/mol. The van der Waals surface area contributed by atoms with Crippen LogP contribution in [0.5, 0.6) is 5.75 Å². The molecule has 1 saturated heterocycles. The first-order valence-electron chi connectivity index (χ1n) is 8.99. The number of hydrogen-bond acceptors (Lipinski definition) is 4.